The largest absolute Gasteiger partial charge is 0.392 e. The van der Waals surface area contributed by atoms with Crippen molar-refractivity contribution in [1.29, 1.82) is 0 Å². The predicted octanol–water partition coefficient (Wildman–Crippen LogP) is 1.90. The Hall–Kier alpha value is 0.270. The second-order valence-corrected chi connectivity index (χ2v) is 5.63. The second kappa shape index (κ2) is 5.23. The Bertz CT molecular complexity index is 144. The zero-order valence-electron chi connectivity index (χ0n) is 9.24. The molecule has 0 spiro atoms. The average Bonchev–Trinajstić information content (AvgIpc) is 1.99. The first-order valence-electron chi connectivity index (χ1n) is 4.79. The molecule has 0 aromatic carbocycles. The molecule has 0 bridgehead atoms. The zero-order chi connectivity index (χ0) is 10.6. The van der Waals surface area contributed by atoms with Gasteiger partial charge in [-0.05, 0) is 19.8 Å². The van der Waals surface area contributed by atoms with Crippen molar-refractivity contribution in [2.45, 2.75) is 51.6 Å². The molecule has 3 unspecified atom stereocenters. The Labute approximate surface area is 85.7 Å². The van der Waals surface area contributed by atoms with E-state index in [1.165, 1.54) is 0 Å². The maximum atomic E-state index is 9.92. The number of thioether (sulfide) groups is 1. The highest BCUT2D eigenvalue weighted by molar-refractivity contribution is 8.00. The standard InChI is InChI=1S/C10H22O2S/c1-7(2)10(5,12)6-13-9(4)8(3)11/h7-9,11-12H,6H2,1-5H3. The minimum Gasteiger partial charge on any atom is -0.392 e. The number of hydrogen-bond acceptors (Lipinski definition) is 3. The fourth-order valence-corrected chi connectivity index (χ4v) is 1.82. The molecule has 2 nitrogen and oxygen atoms in total. The average molecular weight is 206 g/mol. The molecule has 2 N–H and O–H groups in total. The molecule has 0 aromatic heterocycles. The smallest absolute Gasteiger partial charge is 0.0732 e. The lowest BCUT2D eigenvalue weighted by molar-refractivity contribution is 0.0374. The third-order valence-electron chi connectivity index (χ3n) is 2.56. The van der Waals surface area contributed by atoms with Crippen LogP contribution in [0.15, 0.2) is 0 Å². The highest BCUT2D eigenvalue weighted by Crippen LogP contribution is 2.25. The summed E-state index contributed by atoms with van der Waals surface area (Å²) in [6.45, 7) is 9.62. The van der Waals surface area contributed by atoms with Crippen molar-refractivity contribution < 1.29 is 10.2 Å². The summed E-state index contributed by atoms with van der Waals surface area (Å²) in [5, 5.41) is 19.4. The normalized spacial score (nSPS) is 21.2. The molecule has 0 aromatic rings. The Kier molecular flexibility index (Phi) is 5.33. The van der Waals surface area contributed by atoms with E-state index in [9.17, 15) is 10.2 Å². The van der Waals surface area contributed by atoms with Crippen molar-refractivity contribution in [2.24, 2.45) is 5.92 Å². The van der Waals surface area contributed by atoms with Gasteiger partial charge in [0.1, 0.15) is 0 Å². The molecule has 0 aliphatic rings. The fourth-order valence-electron chi connectivity index (χ4n) is 0.606. The molecule has 3 heteroatoms. The molecule has 0 radical (unpaired) electrons. The molecule has 13 heavy (non-hydrogen) atoms. The lowest BCUT2D eigenvalue weighted by atomic mass is 9.95. The lowest BCUT2D eigenvalue weighted by Crippen LogP contribution is -2.35. The monoisotopic (exact) mass is 206 g/mol. The molecule has 80 valence electrons. The van der Waals surface area contributed by atoms with Crippen LogP contribution in [0.4, 0.5) is 0 Å². The van der Waals surface area contributed by atoms with Crippen LogP contribution in [0, 0.1) is 5.92 Å². The van der Waals surface area contributed by atoms with Crippen molar-refractivity contribution >= 4 is 11.8 Å². The summed E-state index contributed by atoms with van der Waals surface area (Å²) in [4.78, 5) is 0. The second-order valence-electron chi connectivity index (χ2n) is 4.27. The third-order valence-corrected chi connectivity index (χ3v) is 4.23. The van der Waals surface area contributed by atoms with Crippen molar-refractivity contribution in [2.75, 3.05) is 5.75 Å². The Morgan fingerprint density at radius 3 is 2.00 bits per heavy atom. The van der Waals surface area contributed by atoms with Gasteiger partial charge in [-0.2, -0.15) is 11.8 Å². The van der Waals surface area contributed by atoms with Gasteiger partial charge in [-0.25, -0.2) is 0 Å². The zero-order valence-corrected chi connectivity index (χ0v) is 10.1. The third kappa shape index (κ3) is 4.89. The Morgan fingerprint density at radius 2 is 1.69 bits per heavy atom. The molecule has 3 atom stereocenters. The summed E-state index contributed by atoms with van der Waals surface area (Å²) in [5.41, 5.74) is -0.631. The van der Waals surface area contributed by atoms with Gasteiger partial charge in [-0.3, -0.25) is 0 Å². The Balaban J connectivity index is 3.88. The molecule has 0 aliphatic heterocycles. The molecule has 0 saturated heterocycles. The van der Waals surface area contributed by atoms with E-state index in [1.54, 1.807) is 18.7 Å². The molecule has 0 rings (SSSR count). The van der Waals surface area contributed by atoms with Gasteiger partial charge in [0.25, 0.3) is 0 Å². The van der Waals surface area contributed by atoms with Crippen LogP contribution in [0.25, 0.3) is 0 Å². The maximum Gasteiger partial charge on any atom is 0.0732 e. The van der Waals surface area contributed by atoms with Gasteiger partial charge in [0.15, 0.2) is 0 Å². The van der Waals surface area contributed by atoms with Gasteiger partial charge in [0.05, 0.1) is 11.7 Å². The van der Waals surface area contributed by atoms with Gasteiger partial charge in [0.2, 0.25) is 0 Å². The highest BCUT2D eigenvalue weighted by Gasteiger charge is 2.26. The van der Waals surface area contributed by atoms with Crippen molar-refractivity contribution in [1.82, 2.24) is 0 Å². The summed E-state index contributed by atoms with van der Waals surface area (Å²) in [6, 6.07) is 0. The summed E-state index contributed by atoms with van der Waals surface area (Å²) < 4.78 is 0. The summed E-state index contributed by atoms with van der Waals surface area (Å²) in [7, 11) is 0. The molecule has 0 fully saturated rings. The van der Waals surface area contributed by atoms with Crippen LogP contribution >= 0.6 is 11.8 Å². The van der Waals surface area contributed by atoms with E-state index >= 15 is 0 Å². The van der Waals surface area contributed by atoms with E-state index in [1.807, 2.05) is 27.7 Å². The molecule has 0 aliphatic carbocycles. The van der Waals surface area contributed by atoms with Crippen LogP contribution < -0.4 is 0 Å². The van der Waals surface area contributed by atoms with Gasteiger partial charge in [-0.1, -0.05) is 20.8 Å². The first kappa shape index (κ1) is 13.3. The van der Waals surface area contributed by atoms with E-state index in [2.05, 4.69) is 0 Å². The van der Waals surface area contributed by atoms with Crippen LogP contribution in [0.5, 0.6) is 0 Å². The minimum absolute atomic E-state index is 0.185. The van der Waals surface area contributed by atoms with Gasteiger partial charge in [-0.15, -0.1) is 0 Å². The van der Waals surface area contributed by atoms with Crippen molar-refractivity contribution in [3.8, 4) is 0 Å². The van der Waals surface area contributed by atoms with Crippen molar-refractivity contribution in [3.05, 3.63) is 0 Å². The number of aliphatic hydroxyl groups excluding tert-OH is 1. The Morgan fingerprint density at radius 1 is 1.23 bits per heavy atom. The lowest BCUT2D eigenvalue weighted by Gasteiger charge is -2.29. The fraction of sp³-hybridized carbons (Fsp3) is 1.00. The van der Waals surface area contributed by atoms with Crippen LogP contribution in [-0.2, 0) is 0 Å². The number of hydrogen-bond donors (Lipinski definition) is 2. The van der Waals surface area contributed by atoms with Crippen LogP contribution in [-0.4, -0.2) is 32.9 Å². The molecular weight excluding hydrogens is 184 g/mol. The number of rotatable bonds is 5. The molecular formula is C10H22O2S. The summed E-state index contributed by atoms with van der Waals surface area (Å²) in [5.74, 6) is 0.928. The first-order valence-corrected chi connectivity index (χ1v) is 5.84. The quantitative estimate of drug-likeness (QED) is 0.722. The van der Waals surface area contributed by atoms with E-state index in [0.717, 1.165) is 0 Å². The number of aliphatic hydroxyl groups is 2. The van der Waals surface area contributed by atoms with Gasteiger partial charge in [0, 0.05) is 11.0 Å². The SMILES string of the molecule is CC(O)C(C)SCC(C)(O)C(C)C. The molecule has 0 heterocycles. The minimum atomic E-state index is -0.631. The maximum absolute atomic E-state index is 9.92. The summed E-state index contributed by atoms with van der Waals surface area (Å²) >= 11 is 1.62. The molecule has 0 saturated carbocycles. The van der Waals surface area contributed by atoms with Crippen LogP contribution in [0.1, 0.15) is 34.6 Å². The highest BCUT2D eigenvalue weighted by atomic mass is 32.2. The van der Waals surface area contributed by atoms with Gasteiger partial charge >= 0.3 is 0 Å². The topological polar surface area (TPSA) is 40.5 Å². The first-order chi connectivity index (χ1) is 5.77. The molecule has 0 amide bonds. The van der Waals surface area contributed by atoms with Crippen LogP contribution in [0.2, 0.25) is 0 Å². The summed E-state index contributed by atoms with van der Waals surface area (Å²) in [6.07, 6.45) is -0.312. The van der Waals surface area contributed by atoms with Gasteiger partial charge < -0.3 is 10.2 Å². The predicted molar refractivity (Wildman–Crippen MR) is 59.1 cm³/mol. The van der Waals surface area contributed by atoms with E-state index < -0.39 is 5.60 Å². The van der Waals surface area contributed by atoms with E-state index in [-0.39, 0.29) is 17.3 Å². The van der Waals surface area contributed by atoms with E-state index in [0.29, 0.717) is 5.75 Å². The van der Waals surface area contributed by atoms with E-state index in [4.69, 9.17) is 0 Å². The van der Waals surface area contributed by atoms with Crippen LogP contribution in [0.3, 0.4) is 0 Å². The van der Waals surface area contributed by atoms with Crippen molar-refractivity contribution in [3.63, 3.8) is 0 Å².